The van der Waals surface area contributed by atoms with Gasteiger partial charge in [0.15, 0.2) is 11.5 Å². The van der Waals surface area contributed by atoms with Crippen LogP contribution in [0.15, 0.2) is 39.9 Å². The van der Waals surface area contributed by atoms with Crippen LogP contribution < -0.4 is 20.2 Å². The molecule has 0 aromatic heterocycles. The number of amides is 2. The number of benzene rings is 2. The molecule has 0 unspecified atom stereocenters. The minimum absolute atomic E-state index is 0.101. The standard InChI is InChI=1S/C18H16BrClFN3O4/c1-22-17(25)18(26)24-23-8-10-6-12(19)16(15(7-10)27-2)28-9-11-13(20)4-3-5-14(11)21/h3-8H,9H2,1-2H3,(H,22,25)(H,24,26)/b23-8-. The van der Waals surface area contributed by atoms with E-state index in [2.05, 4.69) is 31.8 Å². The number of likely N-dealkylation sites (N-methyl/N-ethyl adjacent to an activating group) is 1. The molecule has 0 heterocycles. The average molecular weight is 473 g/mol. The van der Waals surface area contributed by atoms with Crippen LogP contribution in [-0.2, 0) is 16.2 Å². The molecule has 2 N–H and O–H groups in total. The quantitative estimate of drug-likeness (QED) is 0.384. The smallest absolute Gasteiger partial charge is 0.329 e. The summed E-state index contributed by atoms with van der Waals surface area (Å²) in [7, 11) is 2.78. The van der Waals surface area contributed by atoms with Gasteiger partial charge in [-0.15, -0.1) is 0 Å². The fourth-order valence-corrected chi connectivity index (χ4v) is 2.89. The van der Waals surface area contributed by atoms with Crippen LogP contribution in [0.1, 0.15) is 11.1 Å². The predicted molar refractivity (Wildman–Crippen MR) is 106 cm³/mol. The lowest BCUT2D eigenvalue weighted by molar-refractivity contribution is -0.138. The van der Waals surface area contributed by atoms with E-state index in [9.17, 15) is 14.0 Å². The fraction of sp³-hybridized carbons (Fsp3) is 0.167. The molecule has 2 aromatic rings. The van der Waals surface area contributed by atoms with Crippen molar-refractivity contribution >= 4 is 45.6 Å². The van der Waals surface area contributed by atoms with Crippen molar-refractivity contribution in [1.29, 1.82) is 0 Å². The Morgan fingerprint density at radius 3 is 2.71 bits per heavy atom. The summed E-state index contributed by atoms with van der Waals surface area (Å²) < 4.78 is 25.4. The number of carbonyl (C=O) groups excluding carboxylic acids is 2. The van der Waals surface area contributed by atoms with Crippen molar-refractivity contribution in [1.82, 2.24) is 10.7 Å². The second kappa shape index (κ2) is 10.0. The third kappa shape index (κ3) is 5.43. The largest absolute Gasteiger partial charge is 0.493 e. The molecular formula is C18H16BrClFN3O4. The Labute approximate surface area is 174 Å². The zero-order valence-electron chi connectivity index (χ0n) is 14.9. The summed E-state index contributed by atoms with van der Waals surface area (Å²) in [5.74, 6) is -1.49. The third-order valence-corrected chi connectivity index (χ3v) is 4.43. The van der Waals surface area contributed by atoms with Crippen LogP contribution in [0.4, 0.5) is 4.39 Å². The van der Waals surface area contributed by atoms with E-state index in [-0.39, 0.29) is 17.2 Å². The number of carbonyl (C=O) groups is 2. The molecule has 2 rings (SSSR count). The van der Waals surface area contributed by atoms with Crippen LogP contribution in [0.2, 0.25) is 5.02 Å². The van der Waals surface area contributed by atoms with Gasteiger partial charge in [0.25, 0.3) is 0 Å². The molecule has 0 saturated carbocycles. The highest BCUT2D eigenvalue weighted by molar-refractivity contribution is 9.10. The van der Waals surface area contributed by atoms with E-state index in [0.717, 1.165) is 0 Å². The van der Waals surface area contributed by atoms with Crippen molar-refractivity contribution < 1.29 is 23.5 Å². The van der Waals surface area contributed by atoms with Gasteiger partial charge in [-0.3, -0.25) is 9.59 Å². The summed E-state index contributed by atoms with van der Waals surface area (Å²) in [6.45, 7) is -0.101. The van der Waals surface area contributed by atoms with Crippen LogP contribution in [0.3, 0.4) is 0 Å². The van der Waals surface area contributed by atoms with Crippen molar-refractivity contribution in [3.8, 4) is 11.5 Å². The maximum absolute atomic E-state index is 13.9. The maximum Gasteiger partial charge on any atom is 0.329 e. The Bertz CT molecular complexity index is 904. The lowest BCUT2D eigenvalue weighted by Crippen LogP contribution is -2.35. The summed E-state index contributed by atoms with van der Waals surface area (Å²) >= 11 is 9.37. The Morgan fingerprint density at radius 1 is 1.32 bits per heavy atom. The summed E-state index contributed by atoms with van der Waals surface area (Å²) in [6, 6.07) is 7.62. The van der Waals surface area contributed by atoms with E-state index in [4.69, 9.17) is 21.1 Å². The first-order valence-corrected chi connectivity index (χ1v) is 9.02. The maximum atomic E-state index is 13.9. The molecule has 0 spiro atoms. The predicted octanol–water partition coefficient (Wildman–Crippen LogP) is 3.03. The molecule has 0 atom stereocenters. The highest BCUT2D eigenvalue weighted by atomic mass is 79.9. The molecule has 10 heteroatoms. The van der Waals surface area contributed by atoms with Crippen molar-refractivity contribution in [2.45, 2.75) is 6.61 Å². The van der Waals surface area contributed by atoms with Crippen molar-refractivity contribution in [2.75, 3.05) is 14.2 Å². The number of hydrogen-bond acceptors (Lipinski definition) is 5. The summed E-state index contributed by atoms with van der Waals surface area (Å²) in [5, 5.41) is 6.14. The van der Waals surface area contributed by atoms with Gasteiger partial charge in [0.05, 0.1) is 22.8 Å². The number of ether oxygens (including phenoxy) is 2. The first kappa shape index (κ1) is 21.6. The van der Waals surface area contributed by atoms with Gasteiger partial charge in [-0.2, -0.15) is 5.10 Å². The van der Waals surface area contributed by atoms with Gasteiger partial charge < -0.3 is 14.8 Å². The normalized spacial score (nSPS) is 10.6. The van der Waals surface area contributed by atoms with Gasteiger partial charge in [-0.1, -0.05) is 17.7 Å². The van der Waals surface area contributed by atoms with Gasteiger partial charge in [0, 0.05) is 12.6 Å². The first-order valence-electron chi connectivity index (χ1n) is 7.85. The van der Waals surface area contributed by atoms with E-state index in [0.29, 0.717) is 21.5 Å². The molecular weight excluding hydrogens is 457 g/mol. The second-order valence-electron chi connectivity index (χ2n) is 5.30. The SMILES string of the molecule is CNC(=O)C(=O)N/N=C\c1cc(Br)c(OCc2c(F)cccc2Cl)c(OC)c1. The molecule has 0 bridgehead atoms. The summed E-state index contributed by atoms with van der Waals surface area (Å²) in [5.41, 5.74) is 2.86. The molecule has 0 aliphatic heterocycles. The average Bonchev–Trinajstić information content (AvgIpc) is 2.67. The number of hydrogen-bond donors (Lipinski definition) is 2. The minimum Gasteiger partial charge on any atom is -0.493 e. The second-order valence-corrected chi connectivity index (χ2v) is 6.56. The van der Waals surface area contributed by atoms with Crippen molar-refractivity contribution in [2.24, 2.45) is 5.10 Å². The lowest BCUT2D eigenvalue weighted by atomic mass is 10.2. The molecule has 0 aliphatic carbocycles. The molecule has 28 heavy (non-hydrogen) atoms. The van der Waals surface area contributed by atoms with Crippen LogP contribution >= 0.6 is 27.5 Å². The minimum atomic E-state index is -0.897. The number of halogens is 3. The highest BCUT2D eigenvalue weighted by Crippen LogP contribution is 2.37. The zero-order chi connectivity index (χ0) is 20.7. The number of hydrazone groups is 1. The third-order valence-electron chi connectivity index (χ3n) is 3.49. The van der Waals surface area contributed by atoms with E-state index in [1.54, 1.807) is 18.2 Å². The molecule has 2 amide bonds. The van der Waals surface area contributed by atoms with E-state index >= 15 is 0 Å². The van der Waals surface area contributed by atoms with E-state index < -0.39 is 17.6 Å². The summed E-state index contributed by atoms with van der Waals surface area (Å²) in [6.07, 6.45) is 1.33. The lowest BCUT2D eigenvalue weighted by Gasteiger charge is -2.14. The van der Waals surface area contributed by atoms with Crippen LogP contribution in [-0.4, -0.2) is 32.2 Å². The van der Waals surface area contributed by atoms with Gasteiger partial charge in [-0.05, 0) is 45.8 Å². The molecule has 0 saturated heterocycles. The van der Waals surface area contributed by atoms with Crippen LogP contribution in [0.25, 0.3) is 0 Å². The Balaban J connectivity index is 2.17. The Hall–Kier alpha value is -2.65. The first-order chi connectivity index (χ1) is 13.4. The molecule has 0 fully saturated rings. The number of nitrogens with zero attached hydrogens (tertiary/aromatic N) is 1. The molecule has 148 valence electrons. The molecule has 0 aliphatic rings. The fourth-order valence-electron chi connectivity index (χ4n) is 2.10. The number of methoxy groups -OCH3 is 1. The zero-order valence-corrected chi connectivity index (χ0v) is 17.2. The number of nitrogens with one attached hydrogen (secondary N) is 2. The summed E-state index contributed by atoms with van der Waals surface area (Å²) in [4.78, 5) is 22.5. The van der Waals surface area contributed by atoms with Gasteiger partial charge in [0.2, 0.25) is 0 Å². The van der Waals surface area contributed by atoms with Gasteiger partial charge in [0.1, 0.15) is 12.4 Å². The molecule has 2 aromatic carbocycles. The highest BCUT2D eigenvalue weighted by Gasteiger charge is 2.14. The van der Waals surface area contributed by atoms with Gasteiger partial charge in [-0.25, -0.2) is 9.82 Å². The topological polar surface area (TPSA) is 89.0 Å². The van der Waals surface area contributed by atoms with E-state index in [1.807, 2.05) is 0 Å². The molecule has 0 radical (unpaired) electrons. The van der Waals surface area contributed by atoms with Crippen molar-refractivity contribution in [3.05, 3.63) is 56.8 Å². The Kier molecular flexibility index (Phi) is 7.77. The Morgan fingerprint density at radius 2 is 2.07 bits per heavy atom. The monoisotopic (exact) mass is 471 g/mol. The molecule has 7 nitrogen and oxygen atoms in total. The van der Waals surface area contributed by atoms with E-state index in [1.165, 1.54) is 32.5 Å². The van der Waals surface area contributed by atoms with Crippen molar-refractivity contribution in [3.63, 3.8) is 0 Å². The van der Waals surface area contributed by atoms with Crippen LogP contribution in [0.5, 0.6) is 11.5 Å². The van der Waals surface area contributed by atoms with Gasteiger partial charge >= 0.3 is 11.8 Å². The van der Waals surface area contributed by atoms with Crippen LogP contribution in [0, 0.1) is 5.82 Å². The number of rotatable bonds is 6.